The van der Waals surface area contributed by atoms with Crippen LogP contribution >= 0.6 is 0 Å². The molecule has 15 heavy (non-hydrogen) atoms. The third-order valence-electron chi connectivity index (χ3n) is 2.83. The molecule has 0 aliphatic heterocycles. The average Bonchev–Trinajstić information content (AvgIpc) is 1.92. The van der Waals surface area contributed by atoms with Crippen molar-refractivity contribution in [3.05, 3.63) is 0 Å². The smallest absolute Gasteiger partial charge is 0.316 e. The second-order valence-electron chi connectivity index (χ2n) is 5.27. The van der Waals surface area contributed by atoms with Gasteiger partial charge in [-0.15, -0.1) is 0 Å². The fraction of sp³-hybridized carbons (Fsp3) is 0.818. The summed E-state index contributed by atoms with van der Waals surface area (Å²) in [7, 11) is 0. The molecule has 2 N–H and O–H groups in total. The predicted octanol–water partition coefficient (Wildman–Crippen LogP) is 1.40. The molecule has 1 atom stereocenters. The van der Waals surface area contributed by atoms with Crippen LogP contribution in [-0.2, 0) is 9.59 Å². The summed E-state index contributed by atoms with van der Waals surface area (Å²) in [4.78, 5) is 22.8. The van der Waals surface area contributed by atoms with Gasteiger partial charge in [0.25, 0.3) is 0 Å². The van der Waals surface area contributed by atoms with Gasteiger partial charge in [-0.2, -0.15) is 0 Å². The summed E-state index contributed by atoms with van der Waals surface area (Å²) in [5.41, 5.74) is -0.542. The van der Waals surface area contributed by atoms with E-state index in [9.17, 15) is 9.59 Å². The zero-order chi connectivity index (χ0) is 11.6. The summed E-state index contributed by atoms with van der Waals surface area (Å²) < 4.78 is 0. The van der Waals surface area contributed by atoms with Crippen LogP contribution in [0.1, 0.15) is 40.0 Å². The van der Waals surface area contributed by atoms with E-state index in [0.717, 1.165) is 19.3 Å². The molecule has 1 aliphatic carbocycles. The number of rotatable bonds is 3. The Bertz CT molecular complexity index is 263. The summed E-state index contributed by atoms with van der Waals surface area (Å²) in [5.74, 6) is -2.35. The Morgan fingerprint density at radius 2 is 1.87 bits per heavy atom. The van der Waals surface area contributed by atoms with Crippen LogP contribution in [0.5, 0.6) is 0 Å². The van der Waals surface area contributed by atoms with E-state index in [0.29, 0.717) is 0 Å². The first-order valence-corrected chi connectivity index (χ1v) is 5.35. The van der Waals surface area contributed by atoms with Crippen molar-refractivity contribution in [1.29, 1.82) is 0 Å². The number of carboxylic acids is 1. The van der Waals surface area contributed by atoms with Crippen molar-refractivity contribution in [3.63, 3.8) is 0 Å². The van der Waals surface area contributed by atoms with Crippen LogP contribution in [0.15, 0.2) is 0 Å². The fourth-order valence-electron chi connectivity index (χ4n) is 1.71. The van der Waals surface area contributed by atoms with Gasteiger partial charge in [0.15, 0.2) is 0 Å². The Labute approximate surface area is 90.0 Å². The molecule has 1 rings (SSSR count). The van der Waals surface area contributed by atoms with Gasteiger partial charge in [-0.3, -0.25) is 9.59 Å². The lowest BCUT2D eigenvalue weighted by atomic mass is 9.79. The molecule has 0 aromatic rings. The molecule has 0 spiro atoms. The Hall–Kier alpha value is -1.06. The first-order valence-electron chi connectivity index (χ1n) is 5.35. The lowest BCUT2D eigenvalue weighted by Crippen LogP contribution is -2.48. The molecule has 0 saturated heterocycles. The maximum atomic E-state index is 11.7. The van der Waals surface area contributed by atoms with Crippen LogP contribution in [0, 0.1) is 11.3 Å². The summed E-state index contributed by atoms with van der Waals surface area (Å²) in [5, 5.41) is 11.8. The predicted molar refractivity (Wildman–Crippen MR) is 56.4 cm³/mol. The van der Waals surface area contributed by atoms with Gasteiger partial charge in [-0.25, -0.2) is 0 Å². The molecule has 0 aromatic heterocycles. The number of hydrogen-bond acceptors (Lipinski definition) is 2. The number of hydrogen-bond donors (Lipinski definition) is 2. The molecule has 0 heterocycles. The zero-order valence-corrected chi connectivity index (χ0v) is 9.54. The number of carbonyl (C=O) groups is 2. The molecule has 1 saturated carbocycles. The molecule has 1 fully saturated rings. The summed E-state index contributed by atoms with van der Waals surface area (Å²) in [6.07, 6.45) is 3.07. The minimum Gasteiger partial charge on any atom is -0.481 e. The molecular formula is C11H19NO3. The van der Waals surface area contributed by atoms with Gasteiger partial charge in [-0.1, -0.05) is 20.8 Å². The van der Waals surface area contributed by atoms with E-state index in [2.05, 4.69) is 5.32 Å². The standard InChI is InChI=1S/C11H19NO3/c1-11(2,3)8(10(14)15)9(13)12-7-5-4-6-7/h7-8H,4-6H2,1-3H3,(H,12,13)(H,14,15). The first kappa shape index (κ1) is 12.0. The number of amides is 1. The highest BCUT2D eigenvalue weighted by Gasteiger charge is 2.38. The topological polar surface area (TPSA) is 66.4 Å². The molecule has 1 aliphatic rings. The molecule has 0 aromatic carbocycles. The maximum Gasteiger partial charge on any atom is 0.316 e. The van der Waals surface area contributed by atoms with Crippen molar-refractivity contribution in [2.24, 2.45) is 11.3 Å². The Kier molecular flexibility index (Phi) is 3.37. The van der Waals surface area contributed by atoms with Gasteiger partial charge in [0.05, 0.1) is 0 Å². The van der Waals surface area contributed by atoms with Crippen LogP contribution in [0.4, 0.5) is 0 Å². The largest absolute Gasteiger partial charge is 0.481 e. The Morgan fingerprint density at radius 3 is 2.13 bits per heavy atom. The second-order valence-corrected chi connectivity index (χ2v) is 5.27. The van der Waals surface area contributed by atoms with Gasteiger partial charge in [0.2, 0.25) is 5.91 Å². The Morgan fingerprint density at radius 1 is 1.33 bits per heavy atom. The van der Waals surface area contributed by atoms with Gasteiger partial charge < -0.3 is 10.4 Å². The van der Waals surface area contributed by atoms with Crippen molar-refractivity contribution in [1.82, 2.24) is 5.32 Å². The number of aliphatic carboxylic acids is 1. The molecule has 4 nitrogen and oxygen atoms in total. The second kappa shape index (κ2) is 4.21. The first-order chi connectivity index (χ1) is 6.82. The normalized spacial score (nSPS) is 19.1. The van der Waals surface area contributed by atoms with Crippen LogP contribution in [0.3, 0.4) is 0 Å². The van der Waals surface area contributed by atoms with E-state index in [4.69, 9.17) is 5.11 Å². The van der Waals surface area contributed by atoms with Crippen molar-refractivity contribution in [3.8, 4) is 0 Å². The lowest BCUT2D eigenvalue weighted by molar-refractivity contribution is -0.152. The van der Waals surface area contributed by atoms with Gasteiger partial charge in [0.1, 0.15) is 5.92 Å². The third kappa shape index (κ3) is 2.94. The minimum absolute atomic E-state index is 0.196. The average molecular weight is 213 g/mol. The van der Waals surface area contributed by atoms with Gasteiger partial charge >= 0.3 is 5.97 Å². The van der Waals surface area contributed by atoms with Crippen molar-refractivity contribution in [2.45, 2.75) is 46.1 Å². The molecular weight excluding hydrogens is 194 g/mol. The molecule has 1 amide bonds. The van der Waals surface area contributed by atoms with Crippen molar-refractivity contribution in [2.75, 3.05) is 0 Å². The zero-order valence-electron chi connectivity index (χ0n) is 9.54. The lowest BCUT2D eigenvalue weighted by Gasteiger charge is -2.31. The summed E-state index contributed by atoms with van der Waals surface area (Å²) in [6.45, 7) is 5.31. The third-order valence-corrected chi connectivity index (χ3v) is 2.83. The SMILES string of the molecule is CC(C)(C)C(C(=O)O)C(=O)NC1CCC1. The van der Waals surface area contributed by atoms with Gasteiger partial charge in [0, 0.05) is 6.04 Å². The van der Waals surface area contributed by atoms with Gasteiger partial charge in [-0.05, 0) is 24.7 Å². The van der Waals surface area contributed by atoms with Crippen molar-refractivity contribution < 1.29 is 14.7 Å². The van der Waals surface area contributed by atoms with Crippen LogP contribution in [0.25, 0.3) is 0 Å². The van der Waals surface area contributed by atoms with E-state index in [-0.39, 0.29) is 11.9 Å². The van der Waals surface area contributed by atoms with Crippen LogP contribution < -0.4 is 5.32 Å². The molecule has 4 heteroatoms. The maximum absolute atomic E-state index is 11.7. The summed E-state index contributed by atoms with van der Waals surface area (Å²) in [6, 6.07) is 0.196. The Balaban J connectivity index is 2.62. The molecule has 0 radical (unpaired) electrons. The molecule has 1 unspecified atom stereocenters. The number of carbonyl (C=O) groups excluding carboxylic acids is 1. The monoisotopic (exact) mass is 213 g/mol. The highest BCUT2D eigenvalue weighted by molar-refractivity contribution is 5.97. The van der Waals surface area contributed by atoms with Crippen LogP contribution in [0.2, 0.25) is 0 Å². The quantitative estimate of drug-likeness (QED) is 0.696. The van der Waals surface area contributed by atoms with E-state index < -0.39 is 17.3 Å². The van der Waals surface area contributed by atoms with E-state index >= 15 is 0 Å². The molecule has 86 valence electrons. The van der Waals surface area contributed by atoms with Crippen LogP contribution in [-0.4, -0.2) is 23.0 Å². The highest BCUT2D eigenvalue weighted by Crippen LogP contribution is 2.27. The molecule has 0 bridgehead atoms. The van der Waals surface area contributed by atoms with E-state index in [1.54, 1.807) is 20.8 Å². The minimum atomic E-state index is -1.04. The van der Waals surface area contributed by atoms with E-state index in [1.807, 2.05) is 0 Å². The number of carboxylic acid groups (broad SMARTS) is 1. The van der Waals surface area contributed by atoms with E-state index in [1.165, 1.54) is 0 Å². The van der Waals surface area contributed by atoms with Crippen molar-refractivity contribution >= 4 is 11.9 Å². The number of nitrogens with one attached hydrogen (secondary N) is 1. The summed E-state index contributed by atoms with van der Waals surface area (Å²) >= 11 is 0. The fourth-order valence-corrected chi connectivity index (χ4v) is 1.71. The highest BCUT2D eigenvalue weighted by atomic mass is 16.4.